The second-order valence-electron chi connectivity index (χ2n) is 6.73. The van der Waals surface area contributed by atoms with E-state index in [0.29, 0.717) is 11.3 Å². The van der Waals surface area contributed by atoms with E-state index < -0.39 is 40.1 Å². The molecular weight excluding hydrogens is 423 g/mol. The fraction of sp³-hybridized carbons (Fsp3) is 0.150. The molecule has 1 spiro atoms. The third kappa shape index (κ3) is 3.02. The molecule has 0 aromatic heterocycles. The Labute approximate surface area is 173 Å². The normalized spacial score (nSPS) is 20.8. The Morgan fingerprint density at radius 3 is 2.50 bits per heavy atom. The van der Waals surface area contributed by atoms with Crippen LogP contribution in [0.2, 0.25) is 5.02 Å². The molecule has 2 aromatic carbocycles. The van der Waals surface area contributed by atoms with Crippen molar-refractivity contribution in [3.63, 3.8) is 0 Å². The highest BCUT2D eigenvalue weighted by atomic mass is 35.5. The Morgan fingerprint density at radius 1 is 1.10 bits per heavy atom. The highest BCUT2D eigenvalue weighted by molar-refractivity contribution is 6.31. The maximum Gasteiger partial charge on any atom is 0.417 e. The lowest BCUT2D eigenvalue weighted by Gasteiger charge is -2.20. The van der Waals surface area contributed by atoms with Crippen LogP contribution in [0.15, 0.2) is 48.5 Å². The number of nitrogens with one attached hydrogen (secondary N) is 2. The number of hydrogen-bond donors (Lipinski definition) is 2. The van der Waals surface area contributed by atoms with Gasteiger partial charge in [0.15, 0.2) is 0 Å². The number of carbonyl (C=O) groups excluding carboxylic acids is 3. The fourth-order valence-electron chi connectivity index (χ4n) is 3.59. The first-order chi connectivity index (χ1) is 14.1. The second-order valence-corrected chi connectivity index (χ2v) is 7.14. The molecule has 30 heavy (non-hydrogen) atoms. The van der Waals surface area contributed by atoms with Gasteiger partial charge in [-0.3, -0.25) is 14.9 Å². The topological polar surface area (TPSA) is 78.5 Å². The molecule has 0 saturated carbocycles. The summed E-state index contributed by atoms with van der Waals surface area (Å²) in [6.07, 6.45) is -1.68. The molecule has 2 N–H and O–H groups in total. The summed E-state index contributed by atoms with van der Waals surface area (Å²) in [5, 5.41) is 4.07. The van der Waals surface area contributed by atoms with E-state index in [9.17, 15) is 27.6 Å². The van der Waals surface area contributed by atoms with E-state index in [2.05, 4.69) is 10.6 Å². The van der Waals surface area contributed by atoms with Gasteiger partial charge < -0.3 is 10.2 Å². The van der Waals surface area contributed by atoms with Gasteiger partial charge >= 0.3 is 12.2 Å². The zero-order valence-corrected chi connectivity index (χ0v) is 15.8. The number of carbonyl (C=O) groups is 3. The van der Waals surface area contributed by atoms with E-state index in [1.165, 1.54) is 23.1 Å². The molecule has 1 fully saturated rings. The third-order valence-corrected chi connectivity index (χ3v) is 5.26. The van der Waals surface area contributed by atoms with Gasteiger partial charge in [-0.2, -0.15) is 13.2 Å². The number of nitrogens with zero attached hydrogens (tertiary/aromatic N) is 1. The van der Waals surface area contributed by atoms with Gasteiger partial charge in [0.05, 0.1) is 16.3 Å². The van der Waals surface area contributed by atoms with Gasteiger partial charge in [-0.25, -0.2) is 4.79 Å². The molecule has 1 unspecified atom stereocenters. The Hall–Kier alpha value is -3.33. The molecule has 4 amide bonds. The largest absolute Gasteiger partial charge is 0.417 e. The molecular formula is C20H13ClF3N3O3. The zero-order valence-electron chi connectivity index (χ0n) is 15.1. The first-order valence-corrected chi connectivity index (χ1v) is 9.11. The molecule has 10 heteroatoms. The van der Waals surface area contributed by atoms with Crippen molar-refractivity contribution < 1.29 is 27.6 Å². The average molecular weight is 436 g/mol. The van der Waals surface area contributed by atoms with Gasteiger partial charge in [-0.1, -0.05) is 48.0 Å². The summed E-state index contributed by atoms with van der Waals surface area (Å²) in [7, 11) is 0. The Kier molecular flexibility index (Phi) is 4.58. The van der Waals surface area contributed by atoms with Gasteiger partial charge in [0.25, 0.3) is 11.8 Å². The molecule has 2 aromatic rings. The molecule has 2 aliphatic heterocycles. The van der Waals surface area contributed by atoms with Crippen molar-refractivity contribution in [2.75, 3.05) is 11.4 Å². The summed E-state index contributed by atoms with van der Waals surface area (Å²) in [6.45, 7) is -0.0231. The number of urea groups is 1. The van der Waals surface area contributed by atoms with Crippen LogP contribution in [-0.4, -0.2) is 24.4 Å². The SMILES string of the molecule is O=C1NC(=O)C2(N1)C(=O)N(C/C=C/c1ccc(Cl)c(C(F)(F)F)c1)c1ccccc12. The van der Waals surface area contributed by atoms with Crippen LogP contribution in [0.3, 0.4) is 0 Å². The van der Waals surface area contributed by atoms with Crippen molar-refractivity contribution in [3.05, 3.63) is 70.3 Å². The number of benzene rings is 2. The summed E-state index contributed by atoms with van der Waals surface area (Å²) in [5.41, 5.74) is -1.80. The first kappa shape index (κ1) is 20.0. The fourth-order valence-corrected chi connectivity index (χ4v) is 3.81. The minimum absolute atomic E-state index is 0.0231. The van der Waals surface area contributed by atoms with Gasteiger partial charge in [-0.05, 0) is 23.8 Å². The smallest absolute Gasteiger partial charge is 0.312 e. The van der Waals surface area contributed by atoms with E-state index in [1.807, 2.05) is 0 Å². The third-order valence-electron chi connectivity index (χ3n) is 4.93. The van der Waals surface area contributed by atoms with Crippen LogP contribution in [0.5, 0.6) is 0 Å². The summed E-state index contributed by atoms with van der Waals surface area (Å²) in [6, 6.07) is 9.19. The zero-order chi connectivity index (χ0) is 21.7. The molecule has 0 radical (unpaired) electrons. The Bertz CT molecular complexity index is 1120. The van der Waals surface area contributed by atoms with Gasteiger partial charge in [-0.15, -0.1) is 0 Å². The highest BCUT2D eigenvalue weighted by Gasteiger charge is 2.60. The van der Waals surface area contributed by atoms with E-state index in [-0.39, 0.29) is 12.1 Å². The number of hydrogen-bond acceptors (Lipinski definition) is 3. The molecule has 0 aliphatic carbocycles. The monoisotopic (exact) mass is 435 g/mol. The van der Waals surface area contributed by atoms with E-state index in [0.717, 1.165) is 12.1 Å². The van der Waals surface area contributed by atoms with E-state index in [4.69, 9.17) is 11.6 Å². The van der Waals surface area contributed by atoms with Crippen LogP contribution in [-0.2, 0) is 21.3 Å². The van der Waals surface area contributed by atoms with Crippen LogP contribution >= 0.6 is 11.6 Å². The van der Waals surface area contributed by atoms with E-state index >= 15 is 0 Å². The number of fused-ring (bicyclic) bond motifs is 2. The van der Waals surface area contributed by atoms with Crippen LogP contribution < -0.4 is 15.5 Å². The number of amides is 4. The maximum atomic E-state index is 13.1. The lowest BCUT2D eigenvalue weighted by molar-refractivity contribution is -0.137. The van der Waals surface area contributed by atoms with Crippen LogP contribution in [0.25, 0.3) is 6.08 Å². The molecule has 1 saturated heterocycles. The minimum Gasteiger partial charge on any atom is -0.312 e. The van der Waals surface area contributed by atoms with Gasteiger partial charge in [0, 0.05) is 12.1 Å². The molecule has 2 heterocycles. The van der Waals surface area contributed by atoms with Crippen molar-refractivity contribution in [2.24, 2.45) is 0 Å². The molecule has 1 atom stereocenters. The molecule has 2 aliphatic rings. The summed E-state index contributed by atoms with van der Waals surface area (Å²) in [5.74, 6) is -1.42. The Balaban J connectivity index is 1.63. The Morgan fingerprint density at radius 2 is 1.83 bits per heavy atom. The van der Waals surface area contributed by atoms with Gasteiger partial charge in [0.2, 0.25) is 5.54 Å². The summed E-state index contributed by atoms with van der Waals surface area (Å²) >= 11 is 5.62. The molecule has 6 nitrogen and oxygen atoms in total. The predicted molar refractivity (Wildman–Crippen MR) is 103 cm³/mol. The number of anilines is 1. The maximum absolute atomic E-state index is 13.1. The van der Waals surface area contributed by atoms with Crippen molar-refractivity contribution >= 4 is 41.2 Å². The van der Waals surface area contributed by atoms with Crippen LogP contribution in [0.1, 0.15) is 16.7 Å². The van der Waals surface area contributed by atoms with Crippen LogP contribution in [0, 0.1) is 0 Å². The number of imide groups is 1. The minimum atomic E-state index is -4.59. The first-order valence-electron chi connectivity index (χ1n) is 8.73. The molecule has 4 rings (SSSR count). The molecule has 154 valence electrons. The lowest BCUT2D eigenvalue weighted by Crippen LogP contribution is -2.52. The van der Waals surface area contributed by atoms with E-state index in [1.54, 1.807) is 24.3 Å². The quantitative estimate of drug-likeness (QED) is 0.572. The van der Waals surface area contributed by atoms with Crippen molar-refractivity contribution in [1.29, 1.82) is 0 Å². The van der Waals surface area contributed by atoms with Crippen molar-refractivity contribution in [3.8, 4) is 0 Å². The summed E-state index contributed by atoms with van der Waals surface area (Å²) < 4.78 is 39.1. The van der Waals surface area contributed by atoms with Gasteiger partial charge in [0.1, 0.15) is 0 Å². The second kappa shape index (κ2) is 6.88. The summed E-state index contributed by atoms with van der Waals surface area (Å²) in [4.78, 5) is 38.4. The average Bonchev–Trinajstić information content (AvgIpc) is 3.11. The number of halogens is 4. The molecule has 0 bridgehead atoms. The standard InChI is InChI=1S/C20H13ClF3N3O3/c21-14-8-7-11(10-13(14)20(22,23)24)4-3-9-27-15-6-2-1-5-12(15)19(17(27)29)16(28)25-18(30)26-19/h1-8,10H,9H2,(H2,25,26,28,30)/b4-3+. The number of para-hydroxylation sites is 1. The lowest BCUT2D eigenvalue weighted by atomic mass is 9.92. The highest BCUT2D eigenvalue weighted by Crippen LogP contribution is 2.42. The van der Waals surface area contributed by atoms with Crippen molar-refractivity contribution in [2.45, 2.75) is 11.7 Å². The number of alkyl halides is 3. The van der Waals surface area contributed by atoms with Crippen LogP contribution in [0.4, 0.5) is 23.7 Å². The number of rotatable bonds is 3. The van der Waals surface area contributed by atoms with Crippen molar-refractivity contribution in [1.82, 2.24) is 10.6 Å². The predicted octanol–water partition coefficient (Wildman–Crippen LogP) is 3.45.